The summed E-state index contributed by atoms with van der Waals surface area (Å²) in [6, 6.07) is 0. The topological polar surface area (TPSA) is 115 Å². The maximum Gasteiger partial charge on any atom is 0.307 e. The van der Waals surface area contributed by atoms with Gasteiger partial charge in [-0.1, -0.05) is 0 Å². The van der Waals surface area contributed by atoms with Crippen LogP contribution in [-0.2, 0) is 9.59 Å². The SMILES string of the molecule is O=C(O)[C@H]1C[C@H](O)[C@@H](O)C[C@@H]1C(=O)O. The van der Waals surface area contributed by atoms with Crippen LogP contribution in [0.5, 0.6) is 0 Å². The highest BCUT2D eigenvalue weighted by Gasteiger charge is 2.42. The molecule has 1 saturated carbocycles. The second-order valence-electron chi connectivity index (χ2n) is 3.50. The normalized spacial score (nSPS) is 37.9. The molecule has 0 radical (unpaired) electrons. The van der Waals surface area contributed by atoms with Crippen LogP contribution < -0.4 is 0 Å². The quantitative estimate of drug-likeness (QED) is 0.454. The fraction of sp³-hybridized carbons (Fsp3) is 0.750. The molecule has 1 fully saturated rings. The van der Waals surface area contributed by atoms with Crippen molar-refractivity contribution in [3.63, 3.8) is 0 Å². The standard InChI is InChI=1S/C8H12O6/c9-5-1-3(7(11)12)4(8(13)14)2-6(5)10/h3-6,9-10H,1-2H2,(H,11,12)(H,13,14)/t3-,4-,5-,6-/m0/s1. The first-order valence-electron chi connectivity index (χ1n) is 4.25. The van der Waals surface area contributed by atoms with E-state index in [2.05, 4.69) is 0 Å². The number of aliphatic carboxylic acids is 2. The Bertz CT molecular complexity index is 224. The van der Waals surface area contributed by atoms with Crippen molar-refractivity contribution >= 4 is 11.9 Å². The predicted molar refractivity (Wildman–Crippen MR) is 43.5 cm³/mol. The number of rotatable bonds is 2. The summed E-state index contributed by atoms with van der Waals surface area (Å²) in [5.41, 5.74) is 0. The van der Waals surface area contributed by atoms with Gasteiger partial charge < -0.3 is 20.4 Å². The first-order valence-corrected chi connectivity index (χ1v) is 4.25. The Morgan fingerprint density at radius 1 is 0.857 bits per heavy atom. The van der Waals surface area contributed by atoms with Crippen LogP contribution in [-0.4, -0.2) is 44.6 Å². The van der Waals surface area contributed by atoms with Crippen LogP contribution in [0.2, 0.25) is 0 Å². The molecule has 0 aromatic carbocycles. The second kappa shape index (κ2) is 3.93. The maximum atomic E-state index is 10.7. The van der Waals surface area contributed by atoms with Crippen LogP contribution in [0, 0.1) is 11.8 Å². The zero-order valence-electron chi connectivity index (χ0n) is 7.33. The highest BCUT2D eigenvalue weighted by atomic mass is 16.4. The molecule has 4 N–H and O–H groups in total. The van der Waals surface area contributed by atoms with Crippen molar-refractivity contribution in [1.82, 2.24) is 0 Å². The molecular formula is C8H12O6. The Labute approximate surface area is 79.8 Å². The lowest BCUT2D eigenvalue weighted by Gasteiger charge is -2.32. The van der Waals surface area contributed by atoms with E-state index in [1.165, 1.54) is 0 Å². The van der Waals surface area contributed by atoms with E-state index in [9.17, 15) is 19.8 Å². The number of carboxylic acids is 2. The second-order valence-corrected chi connectivity index (χ2v) is 3.50. The van der Waals surface area contributed by atoms with Gasteiger partial charge in [-0.15, -0.1) is 0 Å². The fourth-order valence-corrected chi connectivity index (χ4v) is 1.71. The van der Waals surface area contributed by atoms with Crippen LogP contribution in [0.3, 0.4) is 0 Å². The fourth-order valence-electron chi connectivity index (χ4n) is 1.71. The lowest BCUT2D eigenvalue weighted by molar-refractivity contribution is -0.162. The van der Waals surface area contributed by atoms with Gasteiger partial charge in [0, 0.05) is 0 Å². The molecule has 80 valence electrons. The molecular weight excluding hydrogens is 192 g/mol. The van der Waals surface area contributed by atoms with Crippen molar-refractivity contribution in [2.45, 2.75) is 25.0 Å². The summed E-state index contributed by atoms with van der Waals surface area (Å²) in [6.07, 6.45) is -2.72. The third kappa shape index (κ3) is 2.02. The number of carboxylic acid groups (broad SMARTS) is 2. The molecule has 1 aliphatic rings. The van der Waals surface area contributed by atoms with Gasteiger partial charge in [-0.05, 0) is 12.8 Å². The largest absolute Gasteiger partial charge is 0.481 e. The van der Waals surface area contributed by atoms with Gasteiger partial charge in [0.15, 0.2) is 0 Å². The van der Waals surface area contributed by atoms with Crippen molar-refractivity contribution in [2.75, 3.05) is 0 Å². The molecule has 0 saturated heterocycles. The zero-order chi connectivity index (χ0) is 10.9. The molecule has 0 spiro atoms. The minimum Gasteiger partial charge on any atom is -0.481 e. The number of hydrogen-bond donors (Lipinski definition) is 4. The molecule has 1 rings (SSSR count). The van der Waals surface area contributed by atoms with E-state index >= 15 is 0 Å². The Balaban J connectivity index is 2.80. The lowest BCUT2D eigenvalue weighted by atomic mass is 9.76. The summed E-state index contributed by atoms with van der Waals surface area (Å²) in [4.78, 5) is 21.3. The van der Waals surface area contributed by atoms with Crippen molar-refractivity contribution in [1.29, 1.82) is 0 Å². The summed E-state index contributed by atoms with van der Waals surface area (Å²) in [7, 11) is 0. The minimum atomic E-state index is -1.25. The third-order valence-corrected chi connectivity index (χ3v) is 2.56. The molecule has 6 nitrogen and oxygen atoms in total. The van der Waals surface area contributed by atoms with Gasteiger partial charge in [0.2, 0.25) is 0 Å². The van der Waals surface area contributed by atoms with Gasteiger partial charge >= 0.3 is 11.9 Å². The van der Waals surface area contributed by atoms with E-state index in [0.717, 1.165) is 0 Å². The molecule has 0 bridgehead atoms. The molecule has 0 aromatic heterocycles. The summed E-state index contributed by atoms with van der Waals surface area (Å²) >= 11 is 0. The van der Waals surface area contributed by atoms with Crippen molar-refractivity contribution in [2.24, 2.45) is 11.8 Å². The lowest BCUT2D eigenvalue weighted by Crippen LogP contribution is -2.44. The molecule has 0 amide bonds. The van der Waals surface area contributed by atoms with Crippen LogP contribution >= 0.6 is 0 Å². The van der Waals surface area contributed by atoms with Gasteiger partial charge in [0.1, 0.15) is 0 Å². The molecule has 1 aliphatic carbocycles. The number of hydrogen-bond acceptors (Lipinski definition) is 4. The summed E-state index contributed by atoms with van der Waals surface area (Å²) in [5, 5.41) is 35.8. The van der Waals surface area contributed by atoms with Gasteiger partial charge in [0.25, 0.3) is 0 Å². The first kappa shape index (κ1) is 10.9. The number of aliphatic hydroxyl groups excluding tert-OH is 2. The van der Waals surface area contributed by atoms with E-state index in [4.69, 9.17) is 10.2 Å². The van der Waals surface area contributed by atoms with Crippen molar-refractivity contribution in [3.05, 3.63) is 0 Å². The number of carbonyl (C=O) groups is 2. The Kier molecular flexibility index (Phi) is 3.07. The number of aliphatic hydroxyl groups is 2. The van der Waals surface area contributed by atoms with E-state index in [1.54, 1.807) is 0 Å². The van der Waals surface area contributed by atoms with Crippen LogP contribution in [0.25, 0.3) is 0 Å². The van der Waals surface area contributed by atoms with Crippen molar-refractivity contribution < 1.29 is 30.0 Å². The minimum absolute atomic E-state index is 0.215. The Morgan fingerprint density at radius 2 is 1.14 bits per heavy atom. The zero-order valence-corrected chi connectivity index (χ0v) is 7.33. The Hall–Kier alpha value is -1.14. The van der Waals surface area contributed by atoms with Crippen LogP contribution in [0.15, 0.2) is 0 Å². The van der Waals surface area contributed by atoms with Crippen LogP contribution in [0.4, 0.5) is 0 Å². The molecule has 4 atom stereocenters. The molecule has 0 heterocycles. The summed E-state index contributed by atoms with van der Waals surface area (Å²) in [5.74, 6) is -4.73. The van der Waals surface area contributed by atoms with Crippen LogP contribution in [0.1, 0.15) is 12.8 Å². The maximum absolute atomic E-state index is 10.7. The van der Waals surface area contributed by atoms with E-state index in [0.29, 0.717) is 0 Å². The van der Waals surface area contributed by atoms with Gasteiger partial charge in [-0.2, -0.15) is 0 Å². The third-order valence-electron chi connectivity index (χ3n) is 2.56. The Morgan fingerprint density at radius 3 is 1.36 bits per heavy atom. The summed E-state index contributed by atoms with van der Waals surface area (Å²) in [6.45, 7) is 0. The highest BCUT2D eigenvalue weighted by Crippen LogP contribution is 2.31. The van der Waals surface area contributed by atoms with E-state index in [1.807, 2.05) is 0 Å². The molecule has 14 heavy (non-hydrogen) atoms. The van der Waals surface area contributed by atoms with Gasteiger partial charge in [-0.25, -0.2) is 0 Å². The van der Waals surface area contributed by atoms with E-state index < -0.39 is 36.0 Å². The monoisotopic (exact) mass is 204 g/mol. The van der Waals surface area contributed by atoms with E-state index in [-0.39, 0.29) is 12.8 Å². The highest BCUT2D eigenvalue weighted by molar-refractivity contribution is 5.80. The first-order chi connectivity index (χ1) is 6.43. The molecule has 6 heteroatoms. The smallest absolute Gasteiger partial charge is 0.307 e. The molecule has 0 unspecified atom stereocenters. The molecule has 0 aromatic rings. The summed E-state index contributed by atoms with van der Waals surface area (Å²) < 4.78 is 0. The van der Waals surface area contributed by atoms with Gasteiger partial charge in [0.05, 0.1) is 24.0 Å². The molecule has 0 aliphatic heterocycles. The average molecular weight is 204 g/mol. The van der Waals surface area contributed by atoms with Crippen molar-refractivity contribution in [3.8, 4) is 0 Å². The average Bonchev–Trinajstić information content (AvgIpc) is 2.08. The van der Waals surface area contributed by atoms with Gasteiger partial charge in [-0.3, -0.25) is 9.59 Å². The predicted octanol–water partition coefficient (Wildman–Crippen LogP) is -1.10.